The van der Waals surface area contributed by atoms with Crippen LogP contribution in [-0.4, -0.2) is 45.8 Å². The lowest BCUT2D eigenvalue weighted by Gasteiger charge is -2.24. The van der Waals surface area contributed by atoms with E-state index in [1.54, 1.807) is 18.1 Å². The quantitative estimate of drug-likeness (QED) is 0.651. The highest BCUT2D eigenvalue weighted by Crippen LogP contribution is 2.28. The monoisotopic (exact) mass is 312 g/mol. The third kappa shape index (κ3) is 5.71. The predicted molar refractivity (Wildman–Crippen MR) is 92.4 cm³/mol. The fourth-order valence-corrected chi connectivity index (χ4v) is 2.83. The fraction of sp³-hybridized carbons (Fsp3) is 0.733. The standard InChI is InChI=1S/C15H28N4OS/c1-6-7-16-13-12(11(2)3)14(19-10-18-13)17-8-15(4,20)9-21-5/h10-11,20H,6-9H2,1-5H3,(H2,16,17,18,19). The summed E-state index contributed by atoms with van der Waals surface area (Å²) in [5, 5.41) is 16.9. The van der Waals surface area contributed by atoms with Crippen molar-refractivity contribution in [3.8, 4) is 0 Å². The van der Waals surface area contributed by atoms with E-state index in [0.29, 0.717) is 18.2 Å². The van der Waals surface area contributed by atoms with E-state index in [1.807, 2.05) is 13.2 Å². The van der Waals surface area contributed by atoms with Crippen LogP contribution in [0.25, 0.3) is 0 Å². The molecule has 21 heavy (non-hydrogen) atoms. The average molecular weight is 312 g/mol. The molecule has 0 fully saturated rings. The summed E-state index contributed by atoms with van der Waals surface area (Å²) in [6.07, 6.45) is 4.60. The largest absolute Gasteiger partial charge is 0.387 e. The first kappa shape index (κ1) is 18.0. The number of nitrogens with one attached hydrogen (secondary N) is 2. The number of rotatable bonds is 9. The number of hydrogen-bond donors (Lipinski definition) is 3. The number of aliphatic hydroxyl groups is 1. The second-order valence-electron chi connectivity index (χ2n) is 5.85. The van der Waals surface area contributed by atoms with Crippen molar-refractivity contribution in [2.45, 2.75) is 45.6 Å². The fourth-order valence-electron chi connectivity index (χ4n) is 2.10. The Kier molecular flexibility index (Phi) is 7.25. The van der Waals surface area contributed by atoms with E-state index >= 15 is 0 Å². The summed E-state index contributed by atoms with van der Waals surface area (Å²) in [6, 6.07) is 0. The van der Waals surface area contributed by atoms with Gasteiger partial charge in [0.2, 0.25) is 0 Å². The Hall–Kier alpha value is -1.01. The van der Waals surface area contributed by atoms with Crippen LogP contribution in [0.15, 0.2) is 6.33 Å². The van der Waals surface area contributed by atoms with Gasteiger partial charge in [0.1, 0.15) is 18.0 Å². The third-order valence-electron chi connectivity index (χ3n) is 3.10. The van der Waals surface area contributed by atoms with Crippen LogP contribution in [0.2, 0.25) is 0 Å². The van der Waals surface area contributed by atoms with E-state index in [0.717, 1.165) is 30.2 Å². The molecule has 0 bridgehead atoms. The zero-order valence-corrected chi connectivity index (χ0v) is 14.5. The zero-order valence-electron chi connectivity index (χ0n) is 13.7. The van der Waals surface area contributed by atoms with Gasteiger partial charge in [0, 0.05) is 24.4 Å². The second-order valence-corrected chi connectivity index (χ2v) is 6.72. The topological polar surface area (TPSA) is 70.1 Å². The lowest BCUT2D eigenvalue weighted by atomic mass is 10.0. The van der Waals surface area contributed by atoms with Gasteiger partial charge in [-0.05, 0) is 25.5 Å². The predicted octanol–water partition coefficient (Wildman–Crippen LogP) is 2.95. The van der Waals surface area contributed by atoms with Crippen LogP contribution >= 0.6 is 11.8 Å². The Bertz CT molecular complexity index is 438. The number of aromatic nitrogens is 2. The molecule has 1 aromatic heterocycles. The van der Waals surface area contributed by atoms with E-state index in [1.165, 1.54) is 0 Å². The minimum atomic E-state index is -0.754. The number of nitrogens with zero attached hydrogens (tertiary/aromatic N) is 2. The molecular weight excluding hydrogens is 284 g/mol. The van der Waals surface area contributed by atoms with Crippen molar-refractivity contribution >= 4 is 23.4 Å². The molecule has 120 valence electrons. The summed E-state index contributed by atoms with van der Waals surface area (Å²) < 4.78 is 0. The molecule has 1 atom stereocenters. The molecule has 1 aromatic rings. The van der Waals surface area contributed by atoms with E-state index in [4.69, 9.17) is 0 Å². The van der Waals surface area contributed by atoms with Crippen molar-refractivity contribution < 1.29 is 5.11 Å². The highest BCUT2D eigenvalue weighted by atomic mass is 32.2. The molecule has 0 aliphatic heterocycles. The van der Waals surface area contributed by atoms with E-state index < -0.39 is 5.60 Å². The van der Waals surface area contributed by atoms with Gasteiger partial charge in [-0.2, -0.15) is 11.8 Å². The van der Waals surface area contributed by atoms with E-state index in [-0.39, 0.29) is 0 Å². The molecule has 0 amide bonds. The number of hydrogen-bond acceptors (Lipinski definition) is 6. The maximum atomic E-state index is 10.3. The first-order valence-electron chi connectivity index (χ1n) is 7.45. The van der Waals surface area contributed by atoms with Gasteiger partial charge in [-0.15, -0.1) is 0 Å². The Morgan fingerprint density at radius 1 is 1.29 bits per heavy atom. The molecule has 0 spiro atoms. The second kappa shape index (κ2) is 8.44. The summed E-state index contributed by atoms with van der Waals surface area (Å²) in [4.78, 5) is 8.70. The molecule has 3 N–H and O–H groups in total. The van der Waals surface area contributed by atoms with Crippen LogP contribution < -0.4 is 10.6 Å². The van der Waals surface area contributed by atoms with Gasteiger partial charge < -0.3 is 15.7 Å². The summed E-state index contributed by atoms with van der Waals surface area (Å²) in [5.74, 6) is 2.68. The van der Waals surface area contributed by atoms with Crippen molar-refractivity contribution in [2.75, 3.05) is 35.7 Å². The minimum absolute atomic E-state index is 0.304. The molecular formula is C15H28N4OS. The third-order valence-corrected chi connectivity index (χ3v) is 4.01. The summed E-state index contributed by atoms with van der Waals surface area (Å²) in [6.45, 7) is 9.57. The maximum Gasteiger partial charge on any atom is 0.135 e. The van der Waals surface area contributed by atoms with Gasteiger partial charge in [-0.1, -0.05) is 20.8 Å². The van der Waals surface area contributed by atoms with Crippen molar-refractivity contribution in [1.82, 2.24) is 9.97 Å². The van der Waals surface area contributed by atoms with E-state index in [2.05, 4.69) is 41.4 Å². The SMILES string of the molecule is CCCNc1ncnc(NCC(C)(O)CSC)c1C(C)C. The molecule has 0 saturated carbocycles. The molecule has 0 aliphatic rings. The van der Waals surface area contributed by atoms with Crippen molar-refractivity contribution in [1.29, 1.82) is 0 Å². The molecule has 0 radical (unpaired) electrons. The van der Waals surface area contributed by atoms with Gasteiger partial charge >= 0.3 is 0 Å². The summed E-state index contributed by atoms with van der Waals surface area (Å²) >= 11 is 1.63. The Balaban J connectivity index is 2.90. The lowest BCUT2D eigenvalue weighted by Crippen LogP contribution is -2.36. The smallest absolute Gasteiger partial charge is 0.135 e. The van der Waals surface area contributed by atoms with Crippen LogP contribution in [0.3, 0.4) is 0 Å². The summed E-state index contributed by atoms with van der Waals surface area (Å²) in [7, 11) is 0. The van der Waals surface area contributed by atoms with Crippen molar-refractivity contribution in [2.24, 2.45) is 0 Å². The Morgan fingerprint density at radius 3 is 2.43 bits per heavy atom. The molecule has 5 nitrogen and oxygen atoms in total. The molecule has 1 rings (SSSR count). The Labute approximate surface area is 132 Å². The van der Waals surface area contributed by atoms with Gasteiger partial charge in [-0.25, -0.2) is 9.97 Å². The first-order valence-corrected chi connectivity index (χ1v) is 8.84. The van der Waals surface area contributed by atoms with Crippen LogP contribution in [0.1, 0.15) is 45.6 Å². The Morgan fingerprint density at radius 2 is 1.90 bits per heavy atom. The van der Waals surface area contributed by atoms with Crippen molar-refractivity contribution in [3.63, 3.8) is 0 Å². The zero-order chi connectivity index (χ0) is 15.9. The number of thioether (sulfide) groups is 1. The van der Waals surface area contributed by atoms with Crippen LogP contribution in [0.4, 0.5) is 11.6 Å². The lowest BCUT2D eigenvalue weighted by molar-refractivity contribution is 0.0996. The van der Waals surface area contributed by atoms with E-state index in [9.17, 15) is 5.11 Å². The van der Waals surface area contributed by atoms with Gasteiger partial charge in [0.25, 0.3) is 0 Å². The van der Waals surface area contributed by atoms with Gasteiger partial charge in [0.05, 0.1) is 5.60 Å². The van der Waals surface area contributed by atoms with Gasteiger partial charge in [-0.3, -0.25) is 0 Å². The highest BCUT2D eigenvalue weighted by molar-refractivity contribution is 7.98. The first-order chi connectivity index (χ1) is 9.91. The van der Waals surface area contributed by atoms with Crippen LogP contribution in [0.5, 0.6) is 0 Å². The van der Waals surface area contributed by atoms with Crippen LogP contribution in [0, 0.1) is 0 Å². The minimum Gasteiger partial charge on any atom is -0.387 e. The molecule has 0 aliphatic carbocycles. The molecule has 0 saturated heterocycles. The molecule has 0 aromatic carbocycles. The van der Waals surface area contributed by atoms with Gasteiger partial charge in [0.15, 0.2) is 0 Å². The summed E-state index contributed by atoms with van der Waals surface area (Å²) in [5.41, 5.74) is 0.321. The number of anilines is 2. The van der Waals surface area contributed by atoms with Crippen LogP contribution in [-0.2, 0) is 0 Å². The highest BCUT2D eigenvalue weighted by Gasteiger charge is 2.21. The molecule has 6 heteroatoms. The molecule has 1 heterocycles. The normalized spacial score (nSPS) is 14.0. The molecule has 1 unspecified atom stereocenters. The van der Waals surface area contributed by atoms with Crippen molar-refractivity contribution in [3.05, 3.63) is 11.9 Å². The maximum absolute atomic E-state index is 10.3. The average Bonchev–Trinajstić information content (AvgIpc) is 2.42.